The van der Waals surface area contributed by atoms with Crippen LogP contribution in [0.3, 0.4) is 0 Å². The molecule has 18 heavy (non-hydrogen) atoms. The molecule has 0 amide bonds. The van der Waals surface area contributed by atoms with Crippen molar-refractivity contribution in [2.75, 3.05) is 19.8 Å². The Hall–Kier alpha value is -0.910. The van der Waals surface area contributed by atoms with Crippen LogP contribution in [0.25, 0.3) is 0 Å². The lowest BCUT2D eigenvalue weighted by Crippen LogP contribution is -2.38. The van der Waals surface area contributed by atoms with E-state index in [0.29, 0.717) is 13.2 Å². The van der Waals surface area contributed by atoms with Crippen molar-refractivity contribution in [2.24, 2.45) is 0 Å². The molecule has 0 aliphatic heterocycles. The maximum Gasteiger partial charge on any atom is 0.0897 e. The summed E-state index contributed by atoms with van der Waals surface area (Å²) in [7, 11) is 0. The molecule has 2 unspecified atom stereocenters. The van der Waals surface area contributed by atoms with Crippen LogP contribution in [0.4, 0.5) is 0 Å². The molecule has 1 aromatic heterocycles. The Morgan fingerprint density at radius 3 is 3.00 bits per heavy atom. The van der Waals surface area contributed by atoms with Gasteiger partial charge in [0, 0.05) is 31.6 Å². The summed E-state index contributed by atoms with van der Waals surface area (Å²) in [6.45, 7) is 6.69. The lowest BCUT2D eigenvalue weighted by Gasteiger charge is -2.17. The number of hydrogen-bond acceptors (Lipinski definition) is 4. The summed E-state index contributed by atoms with van der Waals surface area (Å²) < 4.78 is 7.24. The summed E-state index contributed by atoms with van der Waals surface area (Å²) in [5.74, 6) is 0. The highest BCUT2D eigenvalue weighted by molar-refractivity contribution is 4.79. The third-order valence-corrected chi connectivity index (χ3v) is 2.67. The zero-order chi connectivity index (χ0) is 13.2. The van der Waals surface area contributed by atoms with Crippen molar-refractivity contribution in [3.8, 4) is 0 Å². The predicted octanol–water partition coefficient (Wildman–Crippen LogP) is 1.04. The van der Waals surface area contributed by atoms with E-state index in [0.717, 1.165) is 26.0 Å². The van der Waals surface area contributed by atoms with Gasteiger partial charge in [-0.05, 0) is 19.4 Å². The summed E-state index contributed by atoms with van der Waals surface area (Å²) in [5, 5.41) is 17.1. The normalized spacial score (nSPS) is 14.6. The van der Waals surface area contributed by atoms with E-state index in [9.17, 15) is 5.11 Å². The van der Waals surface area contributed by atoms with Crippen molar-refractivity contribution in [3.05, 3.63) is 18.5 Å². The van der Waals surface area contributed by atoms with Gasteiger partial charge in [-0.1, -0.05) is 13.3 Å². The Morgan fingerprint density at radius 2 is 2.33 bits per heavy atom. The largest absolute Gasteiger partial charge is 0.389 e. The van der Waals surface area contributed by atoms with Gasteiger partial charge in [0.15, 0.2) is 0 Å². The smallest absolute Gasteiger partial charge is 0.0897 e. The molecule has 0 aliphatic rings. The van der Waals surface area contributed by atoms with Gasteiger partial charge in [-0.3, -0.25) is 4.68 Å². The van der Waals surface area contributed by atoms with E-state index in [1.54, 1.807) is 6.20 Å². The quantitative estimate of drug-likeness (QED) is 0.613. The van der Waals surface area contributed by atoms with Gasteiger partial charge >= 0.3 is 0 Å². The first-order chi connectivity index (χ1) is 8.72. The van der Waals surface area contributed by atoms with Gasteiger partial charge in [-0.25, -0.2) is 0 Å². The molecule has 0 saturated carbocycles. The van der Waals surface area contributed by atoms with Gasteiger partial charge in [-0.15, -0.1) is 0 Å². The van der Waals surface area contributed by atoms with Gasteiger partial charge in [0.05, 0.1) is 19.3 Å². The number of hydrogen-bond donors (Lipinski definition) is 2. The van der Waals surface area contributed by atoms with Gasteiger partial charge < -0.3 is 15.2 Å². The van der Waals surface area contributed by atoms with Gasteiger partial charge in [0.25, 0.3) is 0 Å². The molecule has 1 heterocycles. The van der Waals surface area contributed by atoms with Crippen molar-refractivity contribution in [1.29, 1.82) is 0 Å². The van der Waals surface area contributed by atoms with Crippen LogP contribution in [0.5, 0.6) is 0 Å². The van der Waals surface area contributed by atoms with E-state index in [4.69, 9.17) is 4.74 Å². The summed E-state index contributed by atoms with van der Waals surface area (Å²) >= 11 is 0. The second-order valence-corrected chi connectivity index (χ2v) is 4.62. The second-order valence-electron chi connectivity index (χ2n) is 4.62. The van der Waals surface area contributed by atoms with Crippen LogP contribution in [-0.4, -0.2) is 46.8 Å². The summed E-state index contributed by atoms with van der Waals surface area (Å²) in [4.78, 5) is 0. The maximum absolute atomic E-state index is 9.71. The third-order valence-electron chi connectivity index (χ3n) is 2.67. The van der Waals surface area contributed by atoms with E-state index in [-0.39, 0.29) is 6.04 Å². The summed E-state index contributed by atoms with van der Waals surface area (Å²) in [6, 6.07) is 2.18. The van der Waals surface area contributed by atoms with Gasteiger partial charge in [-0.2, -0.15) is 5.10 Å². The summed E-state index contributed by atoms with van der Waals surface area (Å²) in [6.07, 6.45) is 5.43. The van der Waals surface area contributed by atoms with Crippen molar-refractivity contribution in [2.45, 2.75) is 45.4 Å². The van der Waals surface area contributed by atoms with Crippen LogP contribution in [0.15, 0.2) is 18.5 Å². The molecule has 1 aromatic rings. The minimum absolute atomic E-state index is 0.273. The molecule has 1 rings (SSSR count). The Balaban J connectivity index is 2.04. The molecule has 0 bridgehead atoms. The Labute approximate surface area is 109 Å². The number of ether oxygens (including phenoxy) is 1. The van der Waals surface area contributed by atoms with E-state index in [1.165, 1.54) is 0 Å². The molecule has 0 spiro atoms. The van der Waals surface area contributed by atoms with Crippen molar-refractivity contribution >= 4 is 0 Å². The fraction of sp³-hybridized carbons (Fsp3) is 0.769. The van der Waals surface area contributed by atoms with Crippen LogP contribution >= 0.6 is 0 Å². The number of aliphatic hydroxyl groups excluding tert-OH is 1. The first-order valence-electron chi connectivity index (χ1n) is 6.69. The second kappa shape index (κ2) is 9.08. The lowest BCUT2D eigenvalue weighted by molar-refractivity contribution is 0.0345. The SMILES string of the molecule is CCCCOCC(O)CNC(C)Cn1cccn1. The predicted molar refractivity (Wildman–Crippen MR) is 71.4 cm³/mol. The van der Waals surface area contributed by atoms with E-state index in [2.05, 4.69) is 24.3 Å². The number of aromatic nitrogens is 2. The topological polar surface area (TPSA) is 59.3 Å². The lowest BCUT2D eigenvalue weighted by atomic mass is 10.3. The Bertz CT molecular complexity index is 290. The monoisotopic (exact) mass is 255 g/mol. The Kier molecular flexibility index (Phi) is 7.64. The minimum Gasteiger partial charge on any atom is -0.389 e. The fourth-order valence-corrected chi connectivity index (χ4v) is 1.62. The van der Waals surface area contributed by atoms with Crippen LogP contribution in [0, 0.1) is 0 Å². The molecule has 5 nitrogen and oxygen atoms in total. The van der Waals surface area contributed by atoms with Crippen molar-refractivity contribution in [1.82, 2.24) is 15.1 Å². The molecule has 2 atom stereocenters. The molecule has 0 aromatic carbocycles. The average Bonchev–Trinajstić information content (AvgIpc) is 2.85. The first kappa shape index (κ1) is 15.1. The molecule has 0 fully saturated rings. The van der Waals surface area contributed by atoms with E-state index < -0.39 is 6.10 Å². The highest BCUT2D eigenvalue weighted by Crippen LogP contribution is 1.93. The van der Waals surface area contributed by atoms with Crippen LogP contribution in [0.2, 0.25) is 0 Å². The molecule has 0 saturated heterocycles. The average molecular weight is 255 g/mol. The van der Waals surface area contributed by atoms with Gasteiger partial charge in [0.2, 0.25) is 0 Å². The van der Waals surface area contributed by atoms with Crippen molar-refractivity contribution < 1.29 is 9.84 Å². The number of nitrogens with one attached hydrogen (secondary N) is 1. The molecular weight excluding hydrogens is 230 g/mol. The molecule has 2 N–H and O–H groups in total. The number of unbranched alkanes of at least 4 members (excludes halogenated alkanes) is 1. The molecule has 5 heteroatoms. The molecule has 0 aliphatic carbocycles. The highest BCUT2D eigenvalue weighted by atomic mass is 16.5. The van der Waals surface area contributed by atoms with E-state index in [1.807, 2.05) is 16.9 Å². The maximum atomic E-state index is 9.71. The molecule has 0 radical (unpaired) electrons. The Morgan fingerprint density at radius 1 is 1.50 bits per heavy atom. The molecule has 104 valence electrons. The van der Waals surface area contributed by atoms with Crippen LogP contribution in [-0.2, 0) is 11.3 Å². The number of aliphatic hydroxyl groups is 1. The van der Waals surface area contributed by atoms with E-state index >= 15 is 0 Å². The van der Waals surface area contributed by atoms with Crippen molar-refractivity contribution in [3.63, 3.8) is 0 Å². The fourth-order valence-electron chi connectivity index (χ4n) is 1.62. The molecular formula is C13H25N3O2. The highest BCUT2D eigenvalue weighted by Gasteiger charge is 2.07. The van der Waals surface area contributed by atoms with Crippen LogP contribution < -0.4 is 5.32 Å². The zero-order valence-electron chi connectivity index (χ0n) is 11.4. The number of rotatable bonds is 10. The van der Waals surface area contributed by atoms with Crippen LogP contribution in [0.1, 0.15) is 26.7 Å². The minimum atomic E-state index is -0.443. The van der Waals surface area contributed by atoms with Gasteiger partial charge in [0.1, 0.15) is 0 Å². The summed E-state index contributed by atoms with van der Waals surface area (Å²) in [5.41, 5.74) is 0. The number of nitrogens with zero attached hydrogens (tertiary/aromatic N) is 2. The standard InChI is InChI=1S/C13H25N3O2/c1-3-4-8-18-11-13(17)9-14-12(2)10-16-7-5-6-15-16/h5-7,12-14,17H,3-4,8-11H2,1-2H3. The third kappa shape index (κ3) is 6.74. The zero-order valence-corrected chi connectivity index (χ0v) is 11.4. The first-order valence-corrected chi connectivity index (χ1v) is 6.69.